The van der Waals surface area contributed by atoms with Crippen LogP contribution >= 0.6 is 22.7 Å². The summed E-state index contributed by atoms with van der Waals surface area (Å²) in [5.74, 6) is 0.792. The molecule has 0 aliphatic heterocycles. The predicted octanol–water partition coefficient (Wildman–Crippen LogP) is 4.08. The quantitative estimate of drug-likeness (QED) is 0.484. The minimum atomic E-state index is 0.783. The molecule has 0 radical (unpaired) electrons. The highest BCUT2D eigenvalue weighted by atomic mass is 32.1. The summed E-state index contributed by atoms with van der Waals surface area (Å²) in [7, 11) is 0. The minimum Gasteiger partial charge on any atom is -0.240 e. The van der Waals surface area contributed by atoms with Gasteiger partial charge in [0.1, 0.15) is 0 Å². The largest absolute Gasteiger partial charge is 0.240 e. The molecule has 5 aromatic rings. The Labute approximate surface area is 151 Å². The first-order chi connectivity index (χ1) is 12.3. The lowest BCUT2D eigenvalue weighted by molar-refractivity contribution is 0.880. The van der Waals surface area contributed by atoms with Crippen molar-refractivity contribution in [1.29, 1.82) is 0 Å². The van der Waals surface area contributed by atoms with Gasteiger partial charge in [-0.2, -0.15) is 14.7 Å². The monoisotopic (exact) mass is 364 g/mol. The maximum absolute atomic E-state index is 4.71. The lowest BCUT2D eigenvalue weighted by Crippen LogP contribution is -1.92. The van der Waals surface area contributed by atoms with Gasteiger partial charge >= 0.3 is 0 Å². The van der Waals surface area contributed by atoms with Crippen molar-refractivity contribution in [3.05, 3.63) is 59.7 Å². The summed E-state index contributed by atoms with van der Waals surface area (Å²) in [6.45, 7) is 2.07. The third kappa shape index (κ3) is 2.38. The molecule has 0 spiro atoms. The second-order valence-electron chi connectivity index (χ2n) is 5.57. The zero-order valence-corrected chi connectivity index (χ0v) is 14.8. The van der Waals surface area contributed by atoms with E-state index in [1.54, 1.807) is 11.3 Å². The Kier molecular flexibility index (Phi) is 3.25. The summed E-state index contributed by atoms with van der Waals surface area (Å²) in [5, 5.41) is 20.7. The highest BCUT2D eigenvalue weighted by molar-refractivity contribution is 7.19. The van der Waals surface area contributed by atoms with Crippen molar-refractivity contribution in [3.63, 3.8) is 0 Å². The number of hydrogen-bond donors (Lipinski definition) is 0. The first kappa shape index (κ1) is 14.5. The van der Waals surface area contributed by atoms with Crippen LogP contribution in [-0.4, -0.2) is 29.6 Å². The Morgan fingerprint density at radius 2 is 1.92 bits per heavy atom. The lowest BCUT2D eigenvalue weighted by Gasteiger charge is -1.98. The fourth-order valence-electron chi connectivity index (χ4n) is 2.63. The molecule has 8 heteroatoms. The molecule has 0 unspecified atom stereocenters. The summed E-state index contributed by atoms with van der Waals surface area (Å²) in [6.07, 6.45) is 3.81. The summed E-state index contributed by atoms with van der Waals surface area (Å²) in [6, 6.07) is 12.1. The molecule has 0 saturated carbocycles. The van der Waals surface area contributed by atoms with Crippen LogP contribution in [0, 0.1) is 6.92 Å². The van der Waals surface area contributed by atoms with Gasteiger partial charge in [0.25, 0.3) is 0 Å². The summed E-state index contributed by atoms with van der Waals surface area (Å²) < 4.78 is 3.67. The Morgan fingerprint density at radius 3 is 2.72 bits per heavy atom. The van der Waals surface area contributed by atoms with Crippen LogP contribution in [0.1, 0.15) is 5.56 Å². The minimum absolute atomic E-state index is 0.783. The molecule has 122 valence electrons. The van der Waals surface area contributed by atoms with E-state index in [9.17, 15) is 0 Å². The highest BCUT2D eigenvalue weighted by Crippen LogP contribution is 2.31. The van der Waals surface area contributed by atoms with Crippen LogP contribution in [0.2, 0.25) is 0 Å². The molecule has 0 aliphatic carbocycles. The molecule has 0 N–H and O–H groups in total. The van der Waals surface area contributed by atoms with Crippen molar-refractivity contribution in [2.75, 3.05) is 0 Å². The van der Waals surface area contributed by atoms with Gasteiger partial charge in [-0.05, 0) is 36.1 Å². The number of aromatic nitrogens is 6. The number of benzene rings is 1. The molecule has 25 heavy (non-hydrogen) atoms. The van der Waals surface area contributed by atoms with Crippen molar-refractivity contribution in [2.24, 2.45) is 0 Å². The number of fused-ring (bicyclic) bond motifs is 1. The van der Waals surface area contributed by atoms with Gasteiger partial charge in [0.15, 0.2) is 10.8 Å². The Hall–Kier alpha value is -2.84. The van der Waals surface area contributed by atoms with E-state index in [0.29, 0.717) is 0 Å². The van der Waals surface area contributed by atoms with Crippen LogP contribution in [0.5, 0.6) is 0 Å². The lowest BCUT2D eigenvalue weighted by atomic mass is 10.3. The fraction of sp³-hybridized carbons (Fsp3) is 0.0588. The van der Waals surface area contributed by atoms with Crippen LogP contribution < -0.4 is 0 Å². The molecule has 0 saturated heterocycles. The molecule has 0 amide bonds. The van der Waals surface area contributed by atoms with Crippen molar-refractivity contribution < 1.29 is 0 Å². The van der Waals surface area contributed by atoms with Crippen LogP contribution in [-0.2, 0) is 0 Å². The van der Waals surface area contributed by atoms with Crippen molar-refractivity contribution in [2.45, 2.75) is 6.92 Å². The fourth-order valence-corrected chi connectivity index (χ4v) is 4.34. The molecule has 0 fully saturated rings. The Bertz CT molecular complexity index is 1160. The molecule has 4 aromatic heterocycles. The Morgan fingerprint density at radius 1 is 1.04 bits per heavy atom. The normalized spacial score (nSPS) is 11.4. The molecule has 1 aromatic carbocycles. The Balaban J connectivity index is 1.57. The first-order valence-corrected chi connectivity index (χ1v) is 9.36. The number of nitrogens with zero attached hydrogens (tertiary/aromatic N) is 6. The maximum atomic E-state index is 4.71. The molecular formula is C17H12N6S2. The van der Waals surface area contributed by atoms with E-state index in [4.69, 9.17) is 5.10 Å². The number of hydrogen-bond acceptors (Lipinski definition) is 6. The van der Waals surface area contributed by atoms with Crippen molar-refractivity contribution in [3.8, 4) is 27.0 Å². The van der Waals surface area contributed by atoms with E-state index in [2.05, 4.69) is 33.7 Å². The molecule has 0 atom stereocenters. The molecule has 5 rings (SSSR count). The number of aryl methyl sites for hydroxylation is 1. The second kappa shape index (κ2) is 5.61. The van der Waals surface area contributed by atoms with E-state index < -0.39 is 0 Å². The van der Waals surface area contributed by atoms with Crippen LogP contribution in [0.4, 0.5) is 0 Å². The molecular weight excluding hydrogens is 352 g/mol. The smallest absolute Gasteiger partial charge is 0.235 e. The zero-order chi connectivity index (χ0) is 16.8. The topological polar surface area (TPSA) is 60.9 Å². The van der Waals surface area contributed by atoms with E-state index in [0.717, 1.165) is 31.9 Å². The van der Waals surface area contributed by atoms with Gasteiger partial charge in [-0.3, -0.25) is 0 Å². The average molecular weight is 364 g/mol. The van der Waals surface area contributed by atoms with Crippen LogP contribution in [0.25, 0.3) is 31.9 Å². The van der Waals surface area contributed by atoms with E-state index in [-0.39, 0.29) is 0 Å². The first-order valence-electron chi connectivity index (χ1n) is 7.67. The molecule has 0 aliphatic rings. The summed E-state index contributed by atoms with van der Waals surface area (Å²) >= 11 is 3.17. The van der Waals surface area contributed by atoms with Gasteiger partial charge in [-0.25, -0.2) is 4.68 Å². The second-order valence-corrected chi connectivity index (χ2v) is 7.44. The summed E-state index contributed by atoms with van der Waals surface area (Å²) in [5.41, 5.74) is 3.17. The highest BCUT2D eigenvalue weighted by Gasteiger charge is 2.17. The van der Waals surface area contributed by atoms with Gasteiger partial charge < -0.3 is 0 Å². The van der Waals surface area contributed by atoms with Gasteiger partial charge in [0, 0.05) is 6.20 Å². The maximum Gasteiger partial charge on any atom is 0.235 e. The standard InChI is InChI=1S/C17H12N6S2/c1-11-7-8-24-14(11)15-19-20-17-23(15)21-16(25-17)12-9-18-22(10-12)13-5-3-2-4-6-13/h2-10H,1H3. The van der Waals surface area contributed by atoms with Crippen LogP contribution in [0.3, 0.4) is 0 Å². The zero-order valence-electron chi connectivity index (χ0n) is 13.2. The van der Waals surface area contributed by atoms with E-state index in [1.807, 2.05) is 51.9 Å². The van der Waals surface area contributed by atoms with Gasteiger partial charge in [-0.15, -0.1) is 21.5 Å². The van der Waals surface area contributed by atoms with Gasteiger partial charge in [0.05, 0.1) is 22.3 Å². The number of rotatable bonds is 3. The van der Waals surface area contributed by atoms with E-state index in [1.165, 1.54) is 16.9 Å². The van der Waals surface area contributed by atoms with Crippen molar-refractivity contribution >= 4 is 27.6 Å². The van der Waals surface area contributed by atoms with Crippen molar-refractivity contribution in [1.82, 2.24) is 29.6 Å². The van der Waals surface area contributed by atoms with Gasteiger partial charge in [-0.1, -0.05) is 29.5 Å². The number of para-hydroxylation sites is 1. The molecule has 6 nitrogen and oxygen atoms in total. The van der Waals surface area contributed by atoms with E-state index >= 15 is 0 Å². The van der Waals surface area contributed by atoms with Gasteiger partial charge in [0.2, 0.25) is 4.96 Å². The number of thiophene rings is 1. The molecule has 0 bridgehead atoms. The average Bonchev–Trinajstić information content (AvgIpc) is 3.39. The third-order valence-corrected chi connectivity index (χ3v) is 5.87. The molecule has 4 heterocycles. The van der Waals surface area contributed by atoms with Crippen LogP contribution in [0.15, 0.2) is 54.2 Å². The third-order valence-electron chi connectivity index (χ3n) is 3.91. The summed E-state index contributed by atoms with van der Waals surface area (Å²) in [4.78, 5) is 1.88. The predicted molar refractivity (Wildman–Crippen MR) is 99.3 cm³/mol. The SMILES string of the molecule is Cc1ccsc1-c1nnc2sc(-c3cnn(-c4ccccc4)c3)nn12.